The molecule has 0 fully saturated rings. The molecule has 0 saturated carbocycles. The van der Waals surface area contributed by atoms with Gasteiger partial charge >= 0.3 is 6.18 Å². The van der Waals surface area contributed by atoms with E-state index < -0.39 is 29.0 Å². The van der Waals surface area contributed by atoms with Crippen LogP contribution in [0.1, 0.15) is 40.9 Å². The predicted octanol–water partition coefficient (Wildman–Crippen LogP) is 4.09. The minimum Gasteiger partial charge on any atom is -0.363 e. The van der Waals surface area contributed by atoms with Crippen molar-refractivity contribution in [3.8, 4) is 0 Å². The van der Waals surface area contributed by atoms with Gasteiger partial charge in [-0.15, -0.1) is 0 Å². The summed E-state index contributed by atoms with van der Waals surface area (Å²) in [5.74, 6) is -1.68. The molecule has 0 radical (unpaired) electrons. The molecule has 3 aromatic rings. The second-order valence-electron chi connectivity index (χ2n) is 7.21. The molecule has 1 N–H and O–H groups in total. The molecular formula is C20H16ClF4N5O. The van der Waals surface area contributed by atoms with Crippen molar-refractivity contribution in [1.29, 1.82) is 0 Å². The largest absolute Gasteiger partial charge is 0.416 e. The summed E-state index contributed by atoms with van der Waals surface area (Å²) in [5, 5.41) is 6.02. The van der Waals surface area contributed by atoms with Crippen molar-refractivity contribution in [2.24, 2.45) is 0 Å². The van der Waals surface area contributed by atoms with E-state index in [0.717, 1.165) is 17.7 Å². The Morgan fingerprint density at radius 3 is 2.77 bits per heavy atom. The number of H-pyrrole nitrogens is 1. The third-order valence-electron chi connectivity index (χ3n) is 5.36. The first kappa shape index (κ1) is 21.2. The summed E-state index contributed by atoms with van der Waals surface area (Å²) in [6.07, 6.45) is -1.53. The highest BCUT2D eigenvalue weighted by Gasteiger charge is 2.36. The Hall–Kier alpha value is -3.01. The molecule has 11 heteroatoms. The molecule has 0 bridgehead atoms. The van der Waals surface area contributed by atoms with Crippen molar-refractivity contribution in [1.82, 2.24) is 20.2 Å². The Labute approximate surface area is 178 Å². The second kappa shape index (κ2) is 7.92. The van der Waals surface area contributed by atoms with Crippen LogP contribution in [0.2, 0.25) is 5.02 Å². The number of aromatic nitrogens is 4. The third kappa shape index (κ3) is 3.99. The fourth-order valence-corrected chi connectivity index (χ4v) is 4.06. The van der Waals surface area contributed by atoms with Crippen molar-refractivity contribution in [3.63, 3.8) is 0 Å². The molecule has 6 nitrogen and oxygen atoms in total. The summed E-state index contributed by atoms with van der Waals surface area (Å²) in [5.41, 5.74) is 0.662. The maximum Gasteiger partial charge on any atom is 0.416 e. The van der Waals surface area contributed by atoms with E-state index in [9.17, 15) is 22.4 Å². The van der Waals surface area contributed by atoms with Crippen molar-refractivity contribution in [2.75, 3.05) is 11.4 Å². The van der Waals surface area contributed by atoms with Crippen LogP contribution in [0, 0.1) is 5.82 Å². The molecule has 31 heavy (non-hydrogen) atoms. The first-order valence-electron chi connectivity index (χ1n) is 9.34. The van der Waals surface area contributed by atoms with Crippen molar-refractivity contribution in [2.45, 2.75) is 32.0 Å². The summed E-state index contributed by atoms with van der Waals surface area (Å²) in [6.45, 7) is 2.34. The van der Waals surface area contributed by atoms with Gasteiger partial charge in [0.1, 0.15) is 17.2 Å². The lowest BCUT2D eigenvalue weighted by Crippen LogP contribution is -2.33. The lowest BCUT2D eigenvalue weighted by atomic mass is 9.88. The number of halogens is 5. The zero-order valence-corrected chi connectivity index (χ0v) is 16.9. The normalized spacial score (nSPS) is 15.0. The third-order valence-corrected chi connectivity index (χ3v) is 5.72. The van der Waals surface area contributed by atoms with Crippen molar-refractivity contribution < 1.29 is 17.6 Å². The second-order valence-corrected chi connectivity index (χ2v) is 7.58. The highest BCUT2D eigenvalue weighted by atomic mass is 35.5. The van der Waals surface area contributed by atoms with Crippen LogP contribution in [0.4, 0.5) is 23.2 Å². The molecule has 1 aliphatic rings. The van der Waals surface area contributed by atoms with Gasteiger partial charge in [0.2, 0.25) is 0 Å². The molecule has 0 saturated heterocycles. The highest BCUT2D eigenvalue weighted by molar-refractivity contribution is 6.33. The molecule has 0 spiro atoms. The number of rotatable bonds is 3. The van der Waals surface area contributed by atoms with Crippen LogP contribution >= 0.6 is 11.6 Å². The number of anilines is 1. The number of hydrogen-bond acceptors (Lipinski definition) is 5. The summed E-state index contributed by atoms with van der Waals surface area (Å²) in [7, 11) is 0. The van der Waals surface area contributed by atoms with E-state index >= 15 is 0 Å². The minimum absolute atomic E-state index is 0.00206. The summed E-state index contributed by atoms with van der Waals surface area (Å²) < 4.78 is 54.0. The summed E-state index contributed by atoms with van der Waals surface area (Å²) in [4.78, 5) is 22.1. The number of nitrogens with zero attached hydrogens (tertiary/aromatic N) is 4. The molecule has 2 aromatic heterocycles. The number of aromatic amines is 1. The molecule has 1 atom stereocenters. The maximum absolute atomic E-state index is 13.5. The molecule has 4 rings (SSSR count). The Kier molecular flexibility index (Phi) is 5.42. The van der Waals surface area contributed by atoms with E-state index in [2.05, 4.69) is 20.2 Å². The SMILES string of the molecule is C[C@H](c1ccc(F)cc1C(F)(F)F)c1ncnc2c1CCN(c1cn[nH]c(=O)c1Cl)C2. The standard InChI is InChI=1S/C20H16ClF4N5O/c1-10(12-3-2-11(22)6-14(12)20(23,24)25)18-13-4-5-30(8-15(13)26-9-27-18)16-7-28-29-19(31)17(16)21/h2-3,6-7,9-10H,4-5,8H2,1H3,(H,29,31)/t10-/m1/s1. The Morgan fingerprint density at radius 2 is 2.03 bits per heavy atom. The van der Waals surface area contributed by atoms with Crippen LogP contribution in [0.15, 0.2) is 35.5 Å². The van der Waals surface area contributed by atoms with Crippen LogP contribution < -0.4 is 10.5 Å². The van der Waals surface area contributed by atoms with Crippen molar-refractivity contribution in [3.05, 3.63) is 80.0 Å². The number of fused-ring (bicyclic) bond motifs is 1. The van der Waals surface area contributed by atoms with Crippen LogP contribution in [-0.2, 0) is 19.1 Å². The van der Waals surface area contributed by atoms with Gasteiger partial charge in [-0.3, -0.25) is 4.79 Å². The van der Waals surface area contributed by atoms with Gasteiger partial charge in [-0.05, 0) is 29.7 Å². The summed E-state index contributed by atoms with van der Waals surface area (Å²) in [6, 6.07) is 2.66. The maximum atomic E-state index is 13.5. The molecular weight excluding hydrogens is 438 g/mol. The van der Waals surface area contributed by atoms with Gasteiger partial charge in [0.05, 0.1) is 35.4 Å². The number of benzene rings is 1. The Balaban J connectivity index is 1.72. The average Bonchev–Trinajstić information content (AvgIpc) is 2.73. The van der Waals surface area contributed by atoms with Gasteiger partial charge in [0, 0.05) is 12.5 Å². The van der Waals surface area contributed by atoms with E-state index in [1.807, 2.05) is 4.90 Å². The lowest BCUT2D eigenvalue weighted by Gasteiger charge is -2.31. The molecule has 162 valence electrons. The van der Waals surface area contributed by atoms with Gasteiger partial charge < -0.3 is 4.90 Å². The number of hydrogen-bond donors (Lipinski definition) is 1. The smallest absolute Gasteiger partial charge is 0.363 e. The first-order valence-corrected chi connectivity index (χ1v) is 9.72. The fourth-order valence-electron chi connectivity index (χ4n) is 3.85. The molecule has 0 amide bonds. The van der Waals surface area contributed by atoms with Crippen LogP contribution in [0.3, 0.4) is 0 Å². The first-order chi connectivity index (χ1) is 14.7. The van der Waals surface area contributed by atoms with E-state index in [-0.39, 0.29) is 17.1 Å². The molecule has 0 aliphatic carbocycles. The Morgan fingerprint density at radius 1 is 1.26 bits per heavy atom. The predicted molar refractivity (Wildman–Crippen MR) is 106 cm³/mol. The van der Waals surface area contributed by atoms with Gasteiger partial charge in [0.25, 0.3) is 5.56 Å². The molecule has 0 unspecified atom stereocenters. The van der Waals surface area contributed by atoms with Gasteiger partial charge in [-0.25, -0.2) is 19.5 Å². The zero-order chi connectivity index (χ0) is 22.3. The van der Waals surface area contributed by atoms with Crippen LogP contribution in [0.5, 0.6) is 0 Å². The van der Waals surface area contributed by atoms with E-state index in [1.54, 1.807) is 6.92 Å². The monoisotopic (exact) mass is 453 g/mol. The zero-order valence-electron chi connectivity index (χ0n) is 16.2. The highest BCUT2D eigenvalue weighted by Crippen LogP contribution is 2.39. The molecule has 1 aromatic carbocycles. The van der Waals surface area contributed by atoms with E-state index in [0.29, 0.717) is 36.1 Å². The van der Waals surface area contributed by atoms with E-state index in [4.69, 9.17) is 11.6 Å². The lowest BCUT2D eigenvalue weighted by molar-refractivity contribution is -0.138. The molecule has 1 aliphatic heterocycles. The number of nitrogens with one attached hydrogen (secondary N) is 1. The minimum atomic E-state index is -4.69. The number of alkyl halides is 3. The quantitative estimate of drug-likeness (QED) is 0.605. The molecule has 3 heterocycles. The van der Waals surface area contributed by atoms with E-state index in [1.165, 1.54) is 12.5 Å². The summed E-state index contributed by atoms with van der Waals surface area (Å²) >= 11 is 6.09. The Bertz CT molecular complexity index is 1200. The van der Waals surface area contributed by atoms with Gasteiger partial charge in [-0.1, -0.05) is 24.6 Å². The van der Waals surface area contributed by atoms with Crippen LogP contribution in [0.25, 0.3) is 0 Å². The fraction of sp³-hybridized carbons (Fsp3) is 0.300. The van der Waals surface area contributed by atoms with Gasteiger partial charge in [-0.2, -0.15) is 18.3 Å². The average molecular weight is 454 g/mol. The van der Waals surface area contributed by atoms with Gasteiger partial charge in [0.15, 0.2) is 0 Å². The topological polar surface area (TPSA) is 74.8 Å². The van der Waals surface area contributed by atoms with Crippen molar-refractivity contribution >= 4 is 17.3 Å². The van der Waals surface area contributed by atoms with Crippen LogP contribution in [-0.4, -0.2) is 26.7 Å².